The van der Waals surface area contributed by atoms with E-state index in [0.29, 0.717) is 30.0 Å². The van der Waals surface area contributed by atoms with E-state index in [1.54, 1.807) is 39.2 Å². The molecule has 156 valence electrons. The molecule has 2 aliphatic rings. The van der Waals surface area contributed by atoms with Crippen LogP contribution < -0.4 is 5.32 Å². The van der Waals surface area contributed by atoms with Gasteiger partial charge in [0.1, 0.15) is 5.54 Å². The van der Waals surface area contributed by atoms with E-state index in [4.69, 9.17) is 16.3 Å². The van der Waals surface area contributed by atoms with Crippen LogP contribution >= 0.6 is 11.6 Å². The van der Waals surface area contributed by atoms with Crippen LogP contribution in [-0.2, 0) is 19.6 Å². The highest BCUT2D eigenvalue weighted by molar-refractivity contribution is 7.89. The van der Waals surface area contributed by atoms with E-state index in [1.165, 1.54) is 4.31 Å². The Hall–Kier alpha value is -1.15. The summed E-state index contributed by atoms with van der Waals surface area (Å²) in [5.74, 6) is -0.214. The SMILES string of the molecule is COC1CCC(NC(=O)[C@@]2(C)CCCN2S(=O)(=O)c2cccc(Cl)c2C)CC1. The quantitative estimate of drug-likeness (QED) is 0.780. The van der Waals surface area contributed by atoms with Gasteiger partial charge in [-0.05, 0) is 70.1 Å². The zero-order valence-corrected chi connectivity index (χ0v) is 18.3. The van der Waals surface area contributed by atoms with Crippen molar-refractivity contribution in [2.45, 2.75) is 75.0 Å². The van der Waals surface area contributed by atoms with Crippen molar-refractivity contribution in [3.63, 3.8) is 0 Å². The lowest BCUT2D eigenvalue weighted by atomic mass is 9.91. The van der Waals surface area contributed by atoms with E-state index >= 15 is 0 Å². The van der Waals surface area contributed by atoms with Gasteiger partial charge in [-0.15, -0.1) is 0 Å². The molecule has 6 nitrogen and oxygen atoms in total. The number of halogens is 1. The van der Waals surface area contributed by atoms with E-state index in [-0.39, 0.29) is 22.9 Å². The van der Waals surface area contributed by atoms with Gasteiger partial charge in [0, 0.05) is 24.7 Å². The summed E-state index contributed by atoms with van der Waals surface area (Å²) in [7, 11) is -2.12. The zero-order chi connectivity index (χ0) is 20.5. The number of methoxy groups -OCH3 is 1. The molecule has 1 N–H and O–H groups in total. The van der Waals surface area contributed by atoms with Crippen molar-refractivity contribution in [1.29, 1.82) is 0 Å². The molecule has 0 bridgehead atoms. The Morgan fingerprint density at radius 1 is 1.29 bits per heavy atom. The van der Waals surface area contributed by atoms with Crippen molar-refractivity contribution in [1.82, 2.24) is 9.62 Å². The standard InChI is InChI=1S/C20H29ClN2O4S/c1-14-17(21)6-4-7-18(14)28(25,26)23-13-5-12-20(23,2)19(24)22-15-8-10-16(27-3)11-9-15/h4,6-7,15-16H,5,8-13H2,1-3H3,(H,22,24)/t15?,16?,20-/m1/s1. The molecule has 0 spiro atoms. The van der Waals surface area contributed by atoms with Gasteiger partial charge in [-0.25, -0.2) is 8.42 Å². The van der Waals surface area contributed by atoms with Gasteiger partial charge >= 0.3 is 0 Å². The van der Waals surface area contributed by atoms with E-state index in [2.05, 4.69) is 5.32 Å². The molecule has 28 heavy (non-hydrogen) atoms. The largest absolute Gasteiger partial charge is 0.381 e. The number of sulfonamides is 1. The lowest BCUT2D eigenvalue weighted by molar-refractivity contribution is -0.130. The molecule has 2 fully saturated rings. The lowest BCUT2D eigenvalue weighted by Gasteiger charge is -2.36. The lowest BCUT2D eigenvalue weighted by Crippen LogP contribution is -2.57. The van der Waals surface area contributed by atoms with Crippen molar-refractivity contribution in [2.24, 2.45) is 0 Å². The van der Waals surface area contributed by atoms with Gasteiger partial charge in [-0.3, -0.25) is 4.79 Å². The van der Waals surface area contributed by atoms with Crippen LogP contribution in [0.4, 0.5) is 0 Å². The van der Waals surface area contributed by atoms with Crippen molar-refractivity contribution < 1.29 is 17.9 Å². The minimum Gasteiger partial charge on any atom is -0.381 e. The zero-order valence-electron chi connectivity index (χ0n) is 16.7. The molecule has 0 radical (unpaired) electrons. The third-order valence-corrected chi connectivity index (χ3v) is 8.77. The summed E-state index contributed by atoms with van der Waals surface area (Å²) in [5, 5.41) is 3.50. The van der Waals surface area contributed by atoms with Gasteiger partial charge in [0.05, 0.1) is 11.0 Å². The monoisotopic (exact) mass is 428 g/mol. The van der Waals surface area contributed by atoms with E-state index in [0.717, 1.165) is 25.7 Å². The third-order valence-electron chi connectivity index (χ3n) is 6.19. The minimum atomic E-state index is -3.83. The Balaban J connectivity index is 1.80. The van der Waals surface area contributed by atoms with E-state index in [9.17, 15) is 13.2 Å². The van der Waals surface area contributed by atoms with Crippen molar-refractivity contribution in [3.05, 3.63) is 28.8 Å². The second-order valence-electron chi connectivity index (χ2n) is 8.00. The molecule has 1 aromatic carbocycles. The first-order valence-electron chi connectivity index (χ1n) is 9.82. The highest BCUT2D eigenvalue weighted by Gasteiger charge is 2.50. The van der Waals surface area contributed by atoms with Crippen LogP contribution in [0.2, 0.25) is 5.02 Å². The summed E-state index contributed by atoms with van der Waals surface area (Å²) in [4.78, 5) is 13.3. The summed E-state index contributed by atoms with van der Waals surface area (Å²) >= 11 is 6.14. The third kappa shape index (κ3) is 3.95. The van der Waals surface area contributed by atoms with Crippen LogP contribution in [0.5, 0.6) is 0 Å². The number of benzene rings is 1. The molecule has 8 heteroatoms. The Labute approximate surface area is 172 Å². The van der Waals surface area contributed by atoms with Crippen LogP contribution in [0.15, 0.2) is 23.1 Å². The van der Waals surface area contributed by atoms with Crippen molar-refractivity contribution in [3.8, 4) is 0 Å². The molecular weight excluding hydrogens is 400 g/mol. The number of hydrogen-bond donors (Lipinski definition) is 1. The predicted molar refractivity (Wildman–Crippen MR) is 109 cm³/mol. The summed E-state index contributed by atoms with van der Waals surface area (Å²) in [6.45, 7) is 3.75. The summed E-state index contributed by atoms with van der Waals surface area (Å²) < 4.78 is 33.5. The van der Waals surface area contributed by atoms with Crippen molar-refractivity contribution in [2.75, 3.05) is 13.7 Å². The van der Waals surface area contributed by atoms with Crippen LogP contribution in [0.1, 0.15) is 51.0 Å². The minimum absolute atomic E-state index is 0.0637. The molecule has 1 saturated heterocycles. The smallest absolute Gasteiger partial charge is 0.244 e. The first-order chi connectivity index (χ1) is 13.2. The number of nitrogens with zero attached hydrogens (tertiary/aromatic N) is 1. The van der Waals surface area contributed by atoms with Gasteiger partial charge in [0.2, 0.25) is 15.9 Å². The molecule has 1 heterocycles. The molecule has 3 rings (SSSR count). The fourth-order valence-corrected chi connectivity index (χ4v) is 6.61. The highest BCUT2D eigenvalue weighted by Crippen LogP contribution is 2.37. The molecule has 1 atom stereocenters. The molecular formula is C20H29ClN2O4S. The molecule has 1 aromatic rings. The fourth-order valence-electron chi connectivity index (χ4n) is 4.32. The Morgan fingerprint density at radius 3 is 2.61 bits per heavy atom. The van der Waals surface area contributed by atoms with Crippen LogP contribution in [0.3, 0.4) is 0 Å². The average Bonchev–Trinajstić information content (AvgIpc) is 3.08. The topological polar surface area (TPSA) is 75.7 Å². The first kappa shape index (κ1) is 21.6. The van der Waals surface area contributed by atoms with E-state index in [1.807, 2.05) is 0 Å². The van der Waals surface area contributed by atoms with Crippen LogP contribution in [-0.4, -0.2) is 50.0 Å². The van der Waals surface area contributed by atoms with Gasteiger partial charge in [0.15, 0.2) is 0 Å². The number of carbonyl (C=O) groups is 1. The van der Waals surface area contributed by atoms with Gasteiger partial charge in [0.25, 0.3) is 0 Å². The van der Waals surface area contributed by atoms with Crippen LogP contribution in [0.25, 0.3) is 0 Å². The van der Waals surface area contributed by atoms with Gasteiger partial charge < -0.3 is 10.1 Å². The molecule has 0 unspecified atom stereocenters. The van der Waals surface area contributed by atoms with E-state index < -0.39 is 15.6 Å². The molecule has 1 aliphatic heterocycles. The predicted octanol–water partition coefficient (Wildman–Crippen LogP) is 3.27. The summed E-state index contributed by atoms with van der Waals surface area (Å²) in [6.07, 6.45) is 4.91. The van der Waals surface area contributed by atoms with Gasteiger partial charge in [-0.1, -0.05) is 17.7 Å². The Bertz CT molecular complexity index is 837. The maximum absolute atomic E-state index is 13.4. The van der Waals surface area contributed by atoms with Crippen molar-refractivity contribution >= 4 is 27.5 Å². The maximum Gasteiger partial charge on any atom is 0.244 e. The Morgan fingerprint density at radius 2 is 1.96 bits per heavy atom. The fraction of sp³-hybridized carbons (Fsp3) is 0.650. The number of carbonyl (C=O) groups excluding carboxylic acids is 1. The molecule has 0 aromatic heterocycles. The number of nitrogens with one attached hydrogen (secondary N) is 1. The number of ether oxygens (including phenoxy) is 1. The Kier molecular flexibility index (Phi) is 6.39. The normalized spacial score (nSPS) is 29.0. The molecule has 1 aliphatic carbocycles. The highest BCUT2D eigenvalue weighted by atomic mass is 35.5. The number of amides is 1. The van der Waals surface area contributed by atoms with Crippen LogP contribution in [0, 0.1) is 6.92 Å². The second kappa shape index (κ2) is 8.30. The summed E-state index contributed by atoms with van der Waals surface area (Å²) in [5.41, 5.74) is -0.581. The molecule has 1 amide bonds. The number of hydrogen-bond acceptors (Lipinski definition) is 4. The average molecular weight is 429 g/mol. The molecule has 1 saturated carbocycles. The maximum atomic E-state index is 13.4. The van der Waals surface area contributed by atoms with Gasteiger partial charge in [-0.2, -0.15) is 4.31 Å². The second-order valence-corrected chi connectivity index (χ2v) is 10.2. The number of rotatable bonds is 5. The first-order valence-corrected chi connectivity index (χ1v) is 11.6. The summed E-state index contributed by atoms with van der Waals surface area (Å²) in [6, 6.07) is 4.92.